The van der Waals surface area contributed by atoms with Gasteiger partial charge in [-0.2, -0.15) is 5.10 Å². The number of aliphatic carboxylic acids is 1. The number of methoxy groups -OCH3 is 1. The Bertz CT molecular complexity index is 794. The second kappa shape index (κ2) is 7.82. The summed E-state index contributed by atoms with van der Waals surface area (Å²) in [5.74, 6) is -2.25. The van der Waals surface area contributed by atoms with Gasteiger partial charge in [0.25, 0.3) is 0 Å². The SMILES string of the molecule is COc1ccc(F)c(F)c1CN1CCC[C@@H](c2ccn(CC(=O)O)n2)C1. The maximum absolute atomic E-state index is 14.2. The first-order valence-electron chi connectivity index (χ1n) is 8.46. The van der Waals surface area contributed by atoms with Crippen LogP contribution in [0.3, 0.4) is 0 Å². The largest absolute Gasteiger partial charge is 0.496 e. The van der Waals surface area contributed by atoms with Gasteiger partial charge in [0.05, 0.1) is 12.8 Å². The highest BCUT2D eigenvalue weighted by molar-refractivity contribution is 5.66. The first-order chi connectivity index (χ1) is 12.5. The van der Waals surface area contributed by atoms with Gasteiger partial charge in [-0.05, 0) is 37.6 Å². The van der Waals surface area contributed by atoms with E-state index in [1.165, 1.54) is 17.9 Å². The van der Waals surface area contributed by atoms with Crippen molar-refractivity contribution < 1.29 is 23.4 Å². The Morgan fingerprint density at radius 2 is 2.19 bits per heavy atom. The molecule has 140 valence electrons. The predicted molar refractivity (Wildman–Crippen MR) is 90.0 cm³/mol. The van der Waals surface area contributed by atoms with Crippen molar-refractivity contribution in [3.05, 3.63) is 47.3 Å². The Hall–Kier alpha value is -2.48. The Kier molecular flexibility index (Phi) is 5.51. The van der Waals surface area contributed by atoms with E-state index in [9.17, 15) is 13.6 Å². The van der Waals surface area contributed by atoms with Crippen LogP contribution in [0.15, 0.2) is 24.4 Å². The second-order valence-electron chi connectivity index (χ2n) is 6.45. The number of piperidine rings is 1. The highest BCUT2D eigenvalue weighted by atomic mass is 19.2. The first-order valence-corrected chi connectivity index (χ1v) is 8.46. The molecule has 1 aromatic carbocycles. The zero-order valence-electron chi connectivity index (χ0n) is 14.5. The minimum atomic E-state index is -0.946. The summed E-state index contributed by atoms with van der Waals surface area (Å²) in [5, 5.41) is 13.2. The van der Waals surface area contributed by atoms with Crippen molar-refractivity contribution in [2.45, 2.75) is 31.8 Å². The fraction of sp³-hybridized carbons (Fsp3) is 0.444. The van der Waals surface area contributed by atoms with E-state index in [2.05, 4.69) is 5.10 Å². The van der Waals surface area contributed by atoms with Gasteiger partial charge in [0.2, 0.25) is 0 Å². The second-order valence-corrected chi connectivity index (χ2v) is 6.45. The number of hydrogen-bond donors (Lipinski definition) is 1. The van der Waals surface area contributed by atoms with Crippen LogP contribution >= 0.6 is 0 Å². The first kappa shape index (κ1) is 18.3. The van der Waals surface area contributed by atoms with Crippen LogP contribution in [0.5, 0.6) is 5.75 Å². The number of benzene rings is 1. The molecule has 1 aliphatic rings. The van der Waals surface area contributed by atoms with Crippen molar-refractivity contribution in [1.29, 1.82) is 0 Å². The lowest BCUT2D eigenvalue weighted by atomic mass is 9.94. The number of ether oxygens (including phenoxy) is 1. The van der Waals surface area contributed by atoms with Crippen molar-refractivity contribution in [3.8, 4) is 5.75 Å². The molecule has 0 amide bonds. The number of carbonyl (C=O) groups is 1. The molecule has 8 heteroatoms. The fourth-order valence-corrected chi connectivity index (χ4v) is 3.40. The van der Waals surface area contributed by atoms with Gasteiger partial charge >= 0.3 is 5.97 Å². The average molecular weight is 365 g/mol. The van der Waals surface area contributed by atoms with E-state index >= 15 is 0 Å². The number of nitrogens with zero attached hydrogens (tertiary/aromatic N) is 3. The van der Waals surface area contributed by atoms with Gasteiger partial charge < -0.3 is 9.84 Å². The molecule has 2 heterocycles. The van der Waals surface area contributed by atoms with Gasteiger partial charge in [0.15, 0.2) is 11.6 Å². The van der Waals surface area contributed by atoms with Gasteiger partial charge in [-0.3, -0.25) is 14.4 Å². The Morgan fingerprint density at radius 1 is 1.38 bits per heavy atom. The summed E-state index contributed by atoms with van der Waals surface area (Å²) in [6, 6.07) is 4.31. The Morgan fingerprint density at radius 3 is 2.92 bits per heavy atom. The molecular formula is C18H21F2N3O3. The molecule has 0 aliphatic carbocycles. The molecule has 26 heavy (non-hydrogen) atoms. The Labute approximate surface area is 150 Å². The molecule has 0 radical (unpaired) electrons. The normalized spacial score (nSPS) is 18.0. The molecule has 0 bridgehead atoms. The van der Waals surface area contributed by atoms with Crippen LogP contribution < -0.4 is 4.74 Å². The van der Waals surface area contributed by atoms with Crippen molar-refractivity contribution >= 4 is 5.97 Å². The van der Waals surface area contributed by atoms with Gasteiger partial charge in [-0.1, -0.05) is 0 Å². The highest BCUT2D eigenvalue weighted by Gasteiger charge is 2.25. The van der Waals surface area contributed by atoms with Crippen LogP contribution in [-0.4, -0.2) is 46.0 Å². The maximum atomic E-state index is 14.2. The topological polar surface area (TPSA) is 67.6 Å². The van der Waals surface area contributed by atoms with E-state index in [-0.39, 0.29) is 24.6 Å². The molecule has 0 spiro atoms. The third-order valence-corrected chi connectivity index (χ3v) is 4.64. The van der Waals surface area contributed by atoms with Crippen molar-refractivity contribution in [3.63, 3.8) is 0 Å². The fourth-order valence-electron chi connectivity index (χ4n) is 3.40. The number of aromatic nitrogens is 2. The van der Waals surface area contributed by atoms with E-state index < -0.39 is 17.6 Å². The summed E-state index contributed by atoms with van der Waals surface area (Å²) in [5.41, 5.74) is 1.03. The zero-order valence-corrected chi connectivity index (χ0v) is 14.5. The van der Waals surface area contributed by atoms with Crippen LogP contribution in [-0.2, 0) is 17.9 Å². The van der Waals surface area contributed by atoms with E-state index in [1.807, 2.05) is 11.0 Å². The summed E-state index contributed by atoms with van der Waals surface area (Å²) >= 11 is 0. The van der Waals surface area contributed by atoms with Crippen molar-refractivity contribution in [2.24, 2.45) is 0 Å². The van der Waals surface area contributed by atoms with Crippen LogP contribution in [0, 0.1) is 11.6 Å². The minimum absolute atomic E-state index is 0.126. The molecule has 0 saturated carbocycles. The van der Waals surface area contributed by atoms with E-state index in [1.54, 1.807) is 6.20 Å². The van der Waals surface area contributed by atoms with Crippen LogP contribution in [0.2, 0.25) is 0 Å². The number of hydrogen-bond acceptors (Lipinski definition) is 4. The van der Waals surface area contributed by atoms with Crippen LogP contribution in [0.1, 0.15) is 30.0 Å². The predicted octanol–water partition coefficient (Wildman–Crippen LogP) is 2.63. The summed E-state index contributed by atoms with van der Waals surface area (Å²) in [6.07, 6.45) is 3.47. The van der Waals surface area contributed by atoms with Gasteiger partial charge in [0.1, 0.15) is 12.3 Å². The van der Waals surface area contributed by atoms with Crippen molar-refractivity contribution in [2.75, 3.05) is 20.2 Å². The van der Waals surface area contributed by atoms with Gasteiger partial charge in [-0.25, -0.2) is 8.78 Å². The summed E-state index contributed by atoms with van der Waals surface area (Å²) in [6.45, 7) is 1.48. The summed E-state index contributed by atoms with van der Waals surface area (Å²) in [7, 11) is 1.43. The molecule has 3 rings (SSSR count). The lowest BCUT2D eigenvalue weighted by Crippen LogP contribution is -2.34. The standard InChI is InChI=1S/C18H21F2N3O3/c1-26-16-5-4-14(19)18(20)13(16)10-22-7-2-3-12(9-22)15-6-8-23(21-15)11-17(24)25/h4-6,8,12H,2-3,7,9-11H2,1H3,(H,24,25)/t12-/m1/s1. The average Bonchev–Trinajstić information content (AvgIpc) is 3.07. The molecule has 1 fully saturated rings. The third-order valence-electron chi connectivity index (χ3n) is 4.64. The van der Waals surface area contributed by atoms with E-state index in [4.69, 9.17) is 9.84 Å². The number of rotatable bonds is 6. The molecule has 2 aromatic rings. The number of likely N-dealkylation sites (tertiary alicyclic amines) is 1. The van der Waals surface area contributed by atoms with E-state index in [0.717, 1.165) is 31.1 Å². The van der Waals surface area contributed by atoms with Gasteiger partial charge in [0, 0.05) is 30.8 Å². The molecule has 1 aliphatic heterocycles. The minimum Gasteiger partial charge on any atom is -0.496 e. The van der Waals surface area contributed by atoms with Crippen LogP contribution in [0.25, 0.3) is 0 Å². The van der Waals surface area contributed by atoms with E-state index in [0.29, 0.717) is 12.3 Å². The number of carboxylic acid groups (broad SMARTS) is 1. The molecule has 1 aromatic heterocycles. The molecule has 6 nitrogen and oxygen atoms in total. The lowest BCUT2D eigenvalue weighted by Gasteiger charge is -2.32. The van der Waals surface area contributed by atoms with Crippen molar-refractivity contribution in [1.82, 2.24) is 14.7 Å². The molecule has 1 N–H and O–H groups in total. The molecule has 1 atom stereocenters. The number of carboxylic acids is 1. The Balaban J connectivity index is 1.72. The smallest absolute Gasteiger partial charge is 0.325 e. The van der Waals surface area contributed by atoms with Gasteiger partial charge in [-0.15, -0.1) is 0 Å². The van der Waals surface area contributed by atoms with Crippen LogP contribution in [0.4, 0.5) is 8.78 Å². The molecule has 1 saturated heterocycles. The number of halogens is 2. The summed E-state index contributed by atoms with van der Waals surface area (Å²) < 4.78 is 34.3. The quantitative estimate of drug-likeness (QED) is 0.852. The molecule has 0 unspecified atom stereocenters. The summed E-state index contributed by atoms with van der Waals surface area (Å²) in [4.78, 5) is 12.8. The lowest BCUT2D eigenvalue weighted by molar-refractivity contribution is -0.137. The monoisotopic (exact) mass is 365 g/mol. The molecular weight excluding hydrogens is 344 g/mol. The highest BCUT2D eigenvalue weighted by Crippen LogP contribution is 2.30. The maximum Gasteiger partial charge on any atom is 0.325 e. The third kappa shape index (κ3) is 4.01. The zero-order chi connectivity index (χ0) is 18.7.